The fourth-order valence-corrected chi connectivity index (χ4v) is 3.48. The Morgan fingerprint density at radius 1 is 1.10 bits per heavy atom. The summed E-state index contributed by atoms with van der Waals surface area (Å²) in [4.78, 5) is 14.6. The van der Waals surface area contributed by atoms with Crippen molar-refractivity contribution in [2.24, 2.45) is 0 Å². The molecule has 1 fully saturated rings. The van der Waals surface area contributed by atoms with Crippen LogP contribution in [0.3, 0.4) is 0 Å². The van der Waals surface area contributed by atoms with E-state index in [0.29, 0.717) is 0 Å². The maximum atomic E-state index is 12.7. The maximum Gasteiger partial charge on any atom is 0.255 e. The Balaban J connectivity index is 2.00. The number of benzene rings is 2. The van der Waals surface area contributed by atoms with Gasteiger partial charge in [-0.25, -0.2) is 0 Å². The second-order valence-electron chi connectivity index (χ2n) is 4.84. The van der Waals surface area contributed by atoms with E-state index in [1.165, 1.54) is 0 Å². The fraction of sp³-hybridized carbons (Fsp3) is 0.176. The van der Waals surface area contributed by atoms with Crippen LogP contribution in [0.5, 0.6) is 0 Å². The zero-order chi connectivity index (χ0) is 13.9. The molecule has 0 unspecified atom stereocenters. The first-order valence-electron chi connectivity index (χ1n) is 6.63. The van der Waals surface area contributed by atoms with Gasteiger partial charge in [-0.2, -0.15) is 0 Å². The Labute approximate surface area is 123 Å². The third-order valence-corrected chi connectivity index (χ3v) is 4.57. The Morgan fingerprint density at radius 2 is 1.80 bits per heavy atom. The van der Waals surface area contributed by atoms with Gasteiger partial charge in [-0.05, 0) is 24.1 Å². The highest BCUT2D eigenvalue weighted by molar-refractivity contribution is 7.99. The van der Waals surface area contributed by atoms with Gasteiger partial charge >= 0.3 is 0 Å². The molecule has 20 heavy (non-hydrogen) atoms. The molecule has 3 rings (SSSR count). The predicted molar refractivity (Wildman–Crippen MR) is 84.5 cm³/mol. The Morgan fingerprint density at radius 3 is 2.50 bits per heavy atom. The normalized spacial score (nSPS) is 18.2. The van der Waals surface area contributed by atoms with Gasteiger partial charge in [-0.15, -0.1) is 11.8 Å². The number of rotatable bonds is 2. The van der Waals surface area contributed by atoms with Crippen molar-refractivity contribution < 1.29 is 4.79 Å². The van der Waals surface area contributed by atoms with Gasteiger partial charge in [0, 0.05) is 17.4 Å². The number of carbonyl (C=O) groups is 1. The third kappa shape index (κ3) is 2.46. The van der Waals surface area contributed by atoms with Crippen molar-refractivity contribution in [3.05, 3.63) is 67.1 Å². The van der Waals surface area contributed by atoms with Crippen LogP contribution in [0.15, 0.2) is 54.6 Å². The number of amides is 1. The molecule has 2 nitrogen and oxygen atoms in total. The molecule has 1 heterocycles. The topological polar surface area (TPSA) is 20.3 Å². The molecular weight excluding hydrogens is 266 g/mol. The molecule has 2 aromatic carbocycles. The monoisotopic (exact) mass is 282 g/mol. The maximum absolute atomic E-state index is 12.7. The molecule has 3 heteroatoms. The summed E-state index contributed by atoms with van der Waals surface area (Å²) in [5.41, 5.74) is 2.82. The first kappa shape index (κ1) is 13.3. The molecule has 1 atom stereocenters. The lowest BCUT2D eigenvalue weighted by Gasteiger charge is -2.21. The largest absolute Gasteiger partial charge is 0.326 e. The van der Waals surface area contributed by atoms with Gasteiger partial charge in [0.15, 0.2) is 0 Å². The molecule has 1 amide bonds. The number of hydrogen-bond acceptors (Lipinski definition) is 2. The van der Waals surface area contributed by atoms with E-state index in [4.69, 9.17) is 0 Å². The standard InChI is InChI=1S/C17H16NOS/c1-13-11-20-12-18(13)17(19)16-10-6-5-9-15(16)14-7-3-2-4-8-14/h2-10,13H,1,11-12H2/t13-/m1/s1. The number of nitrogens with zero attached hydrogens (tertiary/aromatic N) is 1. The summed E-state index contributed by atoms with van der Waals surface area (Å²) in [6.45, 7) is 4.05. The van der Waals surface area contributed by atoms with E-state index in [1.54, 1.807) is 11.8 Å². The average molecular weight is 282 g/mol. The van der Waals surface area contributed by atoms with Gasteiger partial charge in [0.1, 0.15) is 0 Å². The van der Waals surface area contributed by atoms with Crippen LogP contribution in [0.4, 0.5) is 0 Å². The predicted octanol–water partition coefficient (Wildman–Crippen LogP) is 3.70. The highest BCUT2D eigenvalue weighted by Gasteiger charge is 2.27. The minimum atomic E-state index is 0.0660. The lowest BCUT2D eigenvalue weighted by molar-refractivity contribution is 0.0771. The van der Waals surface area contributed by atoms with Gasteiger partial charge in [0.2, 0.25) is 0 Å². The Kier molecular flexibility index (Phi) is 3.79. The second-order valence-corrected chi connectivity index (χ2v) is 5.84. The summed E-state index contributed by atoms with van der Waals surface area (Å²) >= 11 is 1.76. The Bertz CT molecular complexity index is 611. The number of thioether (sulfide) groups is 1. The van der Waals surface area contributed by atoms with Crippen LogP contribution >= 0.6 is 11.8 Å². The third-order valence-electron chi connectivity index (χ3n) is 3.48. The van der Waals surface area contributed by atoms with E-state index in [1.807, 2.05) is 59.5 Å². The lowest BCUT2D eigenvalue weighted by Crippen LogP contribution is -2.35. The molecule has 0 aliphatic carbocycles. The fourth-order valence-electron chi connectivity index (χ4n) is 2.40. The smallest absolute Gasteiger partial charge is 0.255 e. The molecule has 0 N–H and O–H groups in total. The minimum absolute atomic E-state index is 0.0660. The van der Waals surface area contributed by atoms with Crippen LogP contribution in [-0.4, -0.2) is 28.5 Å². The van der Waals surface area contributed by atoms with Gasteiger partial charge in [-0.1, -0.05) is 48.5 Å². The van der Waals surface area contributed by atoms with Crippen molar-refractivity contribution in [3.63, 3.8) is 0 Å². The zero-order valence-corrected chi connectivity index (χ0v) is 12.0. The van der Waals surface area contributed by atoms with Crippen molar-refractivity contribution in [3.8, 4) is 11.1 Å². The van der Waals surface area contributed by atoms with Crippen LogP contribution in [0.1, 0.15) is 10.4 Å². The van der Waals surface area contributed by atoms with Crippen LogP contribution in [-0.2, 0) is 0 Å². The lowest BCUT2D eigenvalue weighted by atomic mass is 9.99. The summed E-state index contributed by atoms with van der Waals surface area (Å²) in [5.74, 6) is 1.73. The molecular formula is C17H16NOS. The second kappa shape index (κ2) is 5.71. The summed E-state index contributed by atoms with van der Waals surface area (Å²) in [7, 11) is 0. The van der Waals surface area contributed by atoms with Crippen molar-refractivity contribution in [1.29, 1.82) is 0 Å². The van der Waals surface area contributed by atoms with E-state index in [9.17, 15) is 4.79 Å². The van der Waals surface area contributed by atoms with Gasteiger partial charge in [0.25, 0.3) is 5.91 Å². The first-order chi connectivity index (χ1) is 9.77. The molecule has 101 valence electrons. The molecule has 1 aliphatic rings. The molecule has 1 aliphatic heterocycles. The molecule has 0 spiro atoms. The number of hydrogen-bond donors (Lipinski definition) is 0. The van der Waals surface area contributed by atoms with E-state index in [-0.39, 0.29) is 11.9 Å². The zero-order valence-electron chi connectivity index (χ0n) is 11.2. The molecule has 2 aromatic rings. The Hall–Kier alpha value is -1.74. The summed E-state index contributed by atoms with van der Waals surface area (Å²) in [6, 6.07) is 17.9. The van der Waals surface area contributed by atoms with E-state index in [0.717, 1.165) is 28.3 Å². The molecule has 0 saturated carbocycles. The van der Waals surface area contributed by atoms with Crippen LogP contribution in [0, 0.1) is 6.92 Å². The van der Waals surface area contributed by atoms with E-state index < -0.39 is 0 Å². The average Bonchev–Trinajstić information content (AvgIpc) is 2.93. The van der Waals surface area contributed by atoms with Crippen molar-refractivity contribution in [1.82, 2.24) is 4.90 Å². The summed E-state index contributed by atoms with van der Waals surface area (Å²) in [6.07, 6.45) is 0. The molecule has 0 aromatic heterocycles. The van der Waals surface area contributed by atoms with Gasteiger partial charge < -0.3 is 4.90 Å². The van der Waals surface area contributed by atoms with E-state index >= 15 is 0 Å². The minimum Gasteiger partial charge on any atom is -0.326 e. The quantitative estimate of drug-likeness (QED) is 0.837. The molecule has 0 bridgehead atoms. The number of carbonyl (C=O) groups excluding carboxylic acids is 1. The van der Waals surface area contributed by atoms with Crippen LogP contribution in [0.25, 0.3) is 11.1 Å². The highest BCUT2D eigenvalue weighted by atomic mass is 32.2. The van der Waals surface area contributed by atoms with Crippen LogP contribution in [0.2, 0.25) is 0 Å². The highest BCUT2D eigenvalue weighted by Crippen LogP contribution is 2.28. The molecule has 1 radical (unpaired) electrons. The van der Waals surface area contributed by atoms with Crippen molar-refractivity contribution >= 4 is 17.7 Å². The van der Waals surface area contributed by atoms with Crippen molar-refractivity contribution in [2.45, 2.75) is 6.04 Å². The summed E-state index contributed by atoms with van der Waals surface area (Å²) < 4.78 is 0. The first-order valence-corrected chi connectivity index (χ1v) is 7.79. The van der Waals surface area contributed by atoms with Crippen LogP contribution < -0.4 is 0 Å². The van der Waals surface area contributed by atoms with E-state index in [2.05, 4.69) is 6.92 Å². The summed E-state index contributed by atoms with van der Waals surface area (Å²) in [5, 5.41) is 0. The molecule has 1 saturated heterocycles. The van der Waals surface area contributed by atoms with Gasteiger partial charge in [0.05, 0.1) is 5.88 Å². The SMILES string of the molecule is [CH2][C@@H]1CSCN1C(=O)c1ccccc1-c1ccccc1. The van der Waals surface area contributed by atoms with Gasteiger partial charge in [-0.3, -0.25) is 4.79 Å². The van der Waals surface area contributed by atoms with Crippen molar-refractivity contribution in [2.75, 3.05) is 11.6 Å².